The summed E-state index contributed by atoms with van der Waals surface area (Å²) in [5, 5.41) is 3.14. The third-order valence-corrected chi connectivity index (χ3v) is 5.54. The standard InChI is InChI=1S/C16H21BrN2O/c1-9(10-4-6-13(17)7-5-10)19-16(20)14-11-2-3-12(8-11)15(14)18/h4-7,9,11-12,14-15H,2-3,8,18H2,1H3,(H,19,20). The molecule has 3 rings (SSSR count). The van der Waals surface area contributed by atoms with Gasteiger partial charge in [0, 0.05) is 10.5 Å². The zero-order valence-electron chi connectivity index (χ0n) is 11.7. The van der Waals surface area contributed by atoms with Crippen molar-refractivity contribution in [2.24, 2.45) is 23.5 Å². The Morgan fingerprint density at radius 3 is 2.55 bits per heavy atom. The van der Waals surface area contributed by atoms with Crippen molar-refractivity contribution in [3.8, 4) is 0 Å². The van der Waals surface area contributed by atoms with Crippen molar-refractivity contribution in [1.29, 1.82) is 0 Å². The zero-order chi connectivity index (χ0) is 14.3. The van der Waals surface area contributed by atoms with Gasteiger partial charge in [0.1, 0.15) is 0 Å². The number of hydrogen-bond acceptors (Lipinski definition) is 2. The largest absolute Gasteiger partial charge is 0.349 e. The Hall–Kier alpha value is -0.870. The third kappa shape index (κ3) is 2.51. The summed E-state index contributed by atoms with van der Waals surface area (Å²) in [6.07, 6.45) is 3.52. The van der Waals surface area contributed by atoms with Crippen molar-refractivity contribution in [2.45, 2.75) is 38.3 Å². The first kappa shape index (κ1) is 14.1. The van der Waals surface area contributed by atoms with Gasteiger partial charge >= 0.3 is 0 Å². The molecule has 20 heavy (non-hydrogen) atoms. The van der Waals surface area contributed by atoms with Crippen LogP contribution in [0.5, 0.6) is 0 Å². The Balaban J connectivity index is 1.65. The molecule has 0 radical (unpaired) electrons. The van der Waals surface area contributed by atoms with E-state index >= 15 is 0 Å². The van der Waals surface area contributed by atoms with E-state index < -0.39 is 0 Å². The summed E-state index contributed by atoms with van der Waals surface area (Å²) in [7, 11) is 0. The summed E-state index contributed by atoms with van der Waals surface area (Å²) in [4.78, 5) is 12.5. The lowest BCUT2D eigenvalue weighted by molar-refractivity contribution is -0.127. The van der Waals surface area contributed by atoms with Crippen LogP contribution >= 0.6 is 15.9 Å². The van der Waals surface area contributed by atoms with Crippen LogP contribution in [0.25, 0.3) is 0 Å². The number of benzene rings is 1. The Morgan fingerprint density at radius 1 is 1.30 bits per heavy atom. The maximum atomic E-state index is 12.5. The molecule has 2 bridgehead atoms. The number of rotatable bonds is 3. The molecule has 1 aromatic rings. The summed E-state index contributed by atoms with van der Waals surface area (Å²) in [5.74, 6) is 1.23. The summed E-state index contributed by atoms with van der Waals surface area (Å²) in [5.41, 5.74) is 7.36. The molecule has 2 aliphatic carbocycles. The number of amides is 1. The second kappa shape index (κ2) is 5.49. The second-order valence-corrected chi connectivity index (χ2v) is 7.13. The van der Waals surface area contributed by atoms with E-state index in [0.29, 0.717) is 11.8 Å². The average Bonchev–Trinajstić information content (AvgIpc) is 2.99. The van der Waals surface area contributed by atoms with Crippen LogP contribution in [0.1, 0.15) is 37.8 Å². The highest BCUT2D eigenvalue weighted by Crippen LogP contribution is 2.47. The normalized spacial score (nSPS) is 33.1. The first-order valence-corrected chi connectivity index (χ1v) is 8.17. The minimum atomic E-state index is 0.0200. The van der Waals surface area contributed by atoms with E-state index in [1.165, 1.54) is 12.8 Å². The highest BCUT2D eigenvalue weighted by atomic mass is 79.9. The molecule has 3 N–H and O–H groups in total. The average molecular weight is 337 g/mol. The van der Waals surface area contributed by atoms with Gasteiger partial charge in [-0.05, 0) is 55.7 Å². The predicted molar refractivity (Wildman–Crippen MR) is 83.0 cm³/mol. The number of nitrogens with one attached hydrogen (secondary N) is 1. The minimum absolute atomic E-state index is 0.0200. The molecule has 0 saturated heterocycles. The number of carbonyl (C=O) groups is 1. The van der Waals surface area contributed by atoms with Crippen LogP contribution in [0.3, 0.4) is 0 Å². The molecule has 0 aromatic heterocycles. The molecule has 1 aromatic carbocycles. The molecule has 4 heteroatoms. The first-order chi connectivity index (χ1) is 9.56. The van der Waals surface area contributed by atoms with E-state index in [1.807, 2.05) is 31.2 Å². The van der Waals surface area contributed by atoms with Gasteiger partial charge in [0.25, 0.3) is 0 Å². The molecule has 1 amide bonds. The molecule has 2 fully saturated rings. The number of fused-ring (bicyclic) bond motifs is 2. The number of hydrogen-bond donors (Lipinski definition) is 2. The van der Waals surface area contributed by atoms with Gasteiger partial charge in [0.2, 0.25) is 5.91 Å². The molecule has 2 aliphatic rings. The molecular formula is C16H21BrN2O. The summed E-state index contributed by atoms with van der Waals surface area (Å²) >= 11 is 3.43. The smallest absolute Gasteiger partial charge is 0.225 e. The van der Waals surface area contributed by atoms with E-state index in [2.05, 4.69) is 21.2 Å². The maximum Gasteiger partial charge on any atom is 0.225 e. The van der Waals surface area contributed by atoms with Gasteiger partial charge in [-0.2, -0.15) is 0 Å². The molecule has 5 unspecified atom stereocenters. The van der Waals surface area contributed by atoms with E-state index in [4.69, 9.17) is 5.73 Å². The van der Waals surface area contributed by atoms with Gasteiger partial charge in [0.15, 0.2) is 0 Å². The predicted octanol–water partition coefficient (Wildman–Crippen LogP) is 3.00. The lowest BCUT2D eigenvalue weighted by atomic mass is 9.84. The summed E-state index contributed by atoms with van der Waals surface area (Å²) < 4.78 is 1.05. The van der Waals surface area contributed by atoms with E-state index in [1.54, 1.807) is 0 Å². The fraction of sp³-hybridized carbons (Fsp3) is 0.562. The molecule has 0 heterocycles. The highest BCUT2D eigenvalue weighted by Gasteiger charge is 2.49. The van der Waals surface area contributed by atoms with Gasteiger partial charge in [0.05, 0.1) is 12.0 Å². The van der Waals surface area contributed by atoms with Crippen LogP contribution in [-0.2, 0) is 4.79 Å². The van der Waals surface area contributed by atoms with E-state index in [0.717, 1.165) is 16.5 Å². The van der Waals surface area contributed by atoms with Crippen LogP contribution in [0.2, 0.25) is 0 Å². The summed E-state index contributed by atoms with van der Waals surface area (Å²) in [6, 6.07) is 8.17. The molecule has 108 valence electrons. The monoisotopic (exact) mass is 336 g/mol. The van der Waals surface area contributed by atoms with Gasteiger partial charge in [-0.25, -0.2) is 0 Å². The molecule has 3 nitrogen and oxygen atoms in total. The number of carbonyl (C=O) groups excluding carboxylic acids is 1. The summed E-state index contributed by atoms with van der Waals surface area (Å²) in [6.45, 7) is 2.03. The fourth-order valence-corrected chi connectivity index (χ4v) is 4.13. The van der Waals surface area contributed by atoms with Crippen LogP contribution in [0, 0.1) is 17.8 Å². The van der Waals surface area contributed by atoms with E-state index in [-0.39, 0.29) is 23.9 Å². The molecule has 5 atom stereocenters. The quantitative estimate of drug-likeness (QED) is 0.891. The Morgan fingerprint density at radius 2 is 1.95 bits per heavy atom. The van der Waals surface area contributed by atoms with Gasteiger partial charge in [-0.3, -0.25) is 4.79 Å². The maximum absolute atomic E-state index is 12.5. The van der Waals surface area contributed by atoms with Crippen molar-refractivity contribution in [1.82, 2.24) is 5.32 Å². The molecule has 0 aliphatic heterocycles. The van der Waals surface area contributed by atoms with Crippen LogP contribution < -0.4 is 11.1 Å². The lowest BCUT2D eigenvalue weighted by Crippen LogP contribution is -2.45. The Bertz CT molecular complexity index is 500. The zero-order valence-corrected chi connectivity index (χ0v) is 13.3. The molecular weight excluding hydrogens is 316 g/mol. The van der Waals surface area contributed by atoms with Crippen molar-refractivity contribution in [3.05, 3.63) is 34.3 Å². The number of halogens is 1. The fourth-order valence-electron chi connectivity index (χ4n) is 3.87. The van der Waals surface area contributed by atoms with Crippen LogP contribution in [0.4, 0.5) is 0 Å². The van der Waals surface area contributed by atoms with Gasteiger partial charge in [-0.1, -0.05) is 28.1 Å². The lowest BCUT2D eigenvalue weighted by Gasteiger charge is -2.28. The van der Waals surface area contributed by atoms with E-state index in [9.17, 15) is 4.79 Å². The second-order valence-electron chi connectivity index (χ2n) is 6.22. The topological polar surface area (TPSA) is 55.1 Å². The SMILES string of the molecule is CC(NC(=O)C1C2CCC(C2)C1N)c1ccc(Br)cc1. The van der Waals surface area contributed by atoms with Crippen molar-refractivity contribution < 1.29 is 4.79 Å². The van der Waals surface area contributed by atoms with Crippen LogP contribution in [0.15, 0.2) is 28.7 Å². The van der Waals surface area contributed by atoms with Gasteiger partial charge < -0.3 is 11.1 Å². The van der Waals surface area contributed by atoms with Gasteiger partial charge in [-0.15, -0.1) is 0 Å². The Kier molecular flexibility index (Phi) is 3.87. The Labute approximate surface area is 128 Å². The van der Waals surface area contributed by atoms with Crippen molar-refractivity contribution >= 4 is 21.8 Å². The number of nitrogens with two attached hydrogens (primary N) is 1. The van der Waals surface area contributed by atoms with Crippen molar-refractivity contribution in [2.75, 3.05) is 0 Å². The molecule has 0 spiro atoms. The van der Waals surface area contributed by atoms with Crippen molar-refractivity contribution in [3.63, 3.8) is 0 Å². The van der Waals surface area contributed by atoms with Crippen LogP contribution in [-0.4, -0.2) is 11.9 Å². The minimum Gasteiger partial charge on any atom is -0.349 e. The first-order valence-electron chi connectivity index (χ1n) is 7.37. The molecule has 2 saturated carbocycles. The third-order valence-electron chi connectivity index (χ3n) is 5.01. The highest BCUT2D eigenvalue weighted by molar-refractivity contribution is 9.10.